The highest BCUT2D eigenvalue weighted by Crippen LogP contribution is 2.08. The Kier molecular flexibility index (Phi) is 4.96. The van der Waals surface area contributed by atoms with E-state index in [2.05, 4.69) is 21.2 Å². The molecule has 0 fully saturated rings. The van der Waals surface area contributed by atoms with E-state index in [4.69, 9.17) is 11.2 Å². The Labute approximate surface area is 94.2 Å². The second kappa shape index (κ2) is 6.53. The van der Waals surface area contributed by atoms with Gasteiger partial charge in [-0.1, -0.05) is 5.92 Å². The zero-order valence-corrected chi connectivity index (χ0v) is 9.01. The summed E-state index contributed by atoms with van der Waals surface area (Å²) in [5.41, 5.74) is 0. The number of hydrogen-bond acceptors (Lipinski definition) is 5. The van der Waals surface area contributed by atoms with E-state index in [1.54, 1.807) is 25.4 Å². The van der Waals surface area contributed by atoms with Crippen LogP contribution in [0.25, 0.3) is 0 Å². The Balaban J connectivity index is 2.79. The van der Waals surface area contributed by atoms with Crippen molar-refractivity contribution in [1.29, 1.82) is 0 Å². The molecule has 16 heavy (non-hydrogen) atoms. The number of rotatable bonds is 5. The summed E-state index contributed by atoms with van der Waals surface area (Å²) in [6, 6.07) is 0.963. The van der Waals surface area contributed by atoms with Crippen LogP contribution in [0.2, 0.25) is 0 Å². The maximum absolute atomic E-state index is 11.6. The van der Waals surface area contributed by atoms with Crippen LogP contribution in [0.1, 0.15) is 18.8 Å². The fourth-order valence-corrected chi connectivity index (χ4v) is 1.13. The molecule has 5 nitrogen and oxygen atoms in total. The van der Waals surface area contributed by atoms with Crippen LogP contribution in [-0.4, -0.2) is 29.1 Å². The third-order valence-electron chi connectivity index (χ3n) is 1.77. The molecule has 1 unspecified atom stereocenters. The lowest BCUT2D eigenvalue weighted by Crippen LogP contribution is -2.32. The van der Waals surface area contributed by atoms with Gasteiger partial charge in [0.05, 0.1) is 13.2 Å². The van der Waals surface area contributed by atoms with Crippen LogP contribution >= 0.6 is 0 Å². The quantitative estimate of drug-likeness (QED) is 0.570. The number of terminal acetylenes is 1. The number of nitrogens with one attached hydrogen (secondary N) is 1. The number of ether oxygens (including phenoxy) is 1. The van der Waals surface area contributed by atoms with E-state index in [0.29, 0.717) is 12.4 Å². The highest BCUT2D eigenvalue weighted by Gasteiger charge is 2.23. The van der Waals surface area contributed by atoms with E-state index in [9.17, 15) is 4.79 Å². The minimum absolute atomic E-state index is 0.252. The summed E-state index contributed by atoms with van der Waals surface area (Å²) in [6.45, 7) is 2.30. The Bertz CT molecular complexity index is 373. The number of nitrogens with zero attached hydrogens (tertiary/aromatic N) is 2. The summed E-state index contributed by atoms with van der Waals surface area (Å²) in [5.74, 6) is 2.32. The maximum Gasteiger partial charge on any atom is 0.331 e. The molecule has 0 aromatic carbocycles. The molecule has 0 aliphatic heterocycles. The third-order valence-corrected chi connectivity index (χ3v) is 1.77. The van der Waals surface area contributed by atoms with Crippen molar-refractivity contribution >= 4 is 5.97 Å². The zero-order chi connectivity index (χ0) is 11.8. The van der Waals surface area contributed by atoms with Gasteiger partial charge in [0.25, 0.3) is 0 Å². The summed E-state index contributed by atoms with van der Waals surface area (Å²) in [5, 5.41) is 2.83. The standard InChI is InChI=1S/C11H13N3O2/c1-3-6-12-9(11(15)16-4-2)10-13-7-5-8-14-10/h1,5,7-9,12H,4,6H2,2H3. The summed E-state index contributed by atoms with van der Waals surface area (Å²) in [4.78, 5) is 19.6. The van der Waals surface area contributed by atoms with Crippen molar-refractivity contribution in [3.05, 3.63) is 24.3 Å². The molecule has 5 heteroatoms. The predicted molar refractivity (Wildman–Crippen MR) is 58.2 cm³/mol. The maximum atomic E-state index is 11.6. The first-order valence-corrected chi connectivity index (χ1v) is 4.90. The fraction of sp³-hybridized carbons (Fsp3) is 0.364. The Morgan fingerprint density at radius 3 is 2.88 bits per heavy atom. The second-order valence-corrected chi connectivity index (χ2v) is 2.88. The molecule has 1 atom stereocenters. The minimum atomic E-state index is -0.711. The van der Waals surface area contributed by atoms with Gasteiger partial charge in [-0.2, -0.15) is 0 Å². The van der Waals surface area contributed by atoms with Gasteiger partial charge in [-0.15, -0.1) is 6.42 Å². The molecule has 0 spiro atoms. The van der Waals surface area contributed by atoms with Crippen LogP contribution in [0.15, 0.2) is 18.5 Å². The lowest BCUT2D eigenvalue weighted by molar-refractivity contribution is -0.146. The van der Waals surface area contributed by atoms with Crippen molar-refractivity contribution in [2.24, 2.45) is 0 Å². The van der Waals surface area contributed by atoms with Gasteiger partial charge in [0.15, 0.2) is 11.9 Å². The normalized spacial score (nSPS) is 11.5. The number of carbonyl (C=O) groups is 1. The zero-order valence-electron chi connectivity index (χ0n) is 9.01. The molecule has 84 valence electrons. The molecular weight excluding hydrogens is 206 g/mol. The average Bonchev–Trinajstić information content (AvgIpc) is 2.31. The monoisotopic (exact) mass is 219 g/mol. The largest absolute Gasteiger partial charge is 0.464 e. The Hall–Kier alpha value is -1.93. The molecule has 0 radical (unpaired) electrons. The molecule has 1 aromatic rings. The molecule has 1 rings (SSSR count). The van der Waals surface area contributed by atoms with Crippen molar-refractivity contribution in [2.45, 2.75) is 13.0 Å². The van der Waals surface area contributed by atoms with Gasteiger partial charge in [0.2, 0.25) is 0 Å². The van der Waals surface area contributed by atoms with E-state index in [1.165, 1.54) is 0 Å². The fourth-order valence-electron chi connectivity index (χ4n) is 1.13. The lowest BCUT2D eigenvalue weighted by atomic mass is 10.2. The van der Waals surface area contributed by atoms with Crippen molar-refractivity contribution in [3.63, 3.8) is 0 Å². The molecule has 0 saturated carbocycles. The topological polar surface area (TPSA) is 64.1 Å². The second-order valence-electron chi connectivity index (χ2n) is 2.88. The molecule has 0 aliphatic rings. The molecular formula is C11H13N3O2. The predicted octanol–water partition coefficient (Wildman–Crippen LogP) is 0.304. The van der Waals surface area contributed by atoms with Gasteiger partial charge in [0, 0.05) is 12.4 Å². The minimum Gasteiger partial charge on any atom is -0.464 e. The van der Waals surface area contributed by atoms with Gasteiger partial charge >= 0.3 is 5.97 Å². The Morgan fingerprint density at radius 1 is 1.62 bits per heavy atom. The molecule has 0 bridgehead atoms. The first kappa shape index (κ1) is 12.1. The van der Waals surface area contributed by atoms with Crippen molar-refractivity contribution in [3.8, 4) is 12.3 Å². The SMILES string of the molecule is C#CCNC(C(=O)OCC)c1ncccn1. The van der Waals surface area contributed by atoms with E-state index >= 15 is 0 Å². The van der Waals surface area contributed by atoms with Crippen LogP contribution in [-0.2, 0) is 9.53 Å². The summed E-state index contributed by atoms with van der Waals surface area (Å²) in [7, 11) is 0. The van der Waals surface area contributed by atoms with Crippen LogP contribution in [0.3, 0.4) is 0 Å². The van der Waals surface area contributed by atoms with Gasteiger partial charge in [-0.25, -0.2) is 14.8 Å². The van der Waals surface area contributed by atoms with Crippen LogP contribution in [0.5, 0.6) is 0 Å². The first-order valence-electron chi connectivity index (χ1n) is 4.90. The average molecular weight is 219 g/mol. The van der Waals surface area contributed by atoms with Crippen LogP contribution < -0.4 is 5.32 Å². The van der Waals surface area contributed by atoms with Crippen molar-refractivity contribution in [2.75, 3.05) is 13.2 Å². The number of carbonyl (C=O) groups excluding carboxylic acids is 1. The van der Waals surface area contributed by atoms with E-state index < -0.39 is 12.0 Å². The van der Waals surface area contributed by atoms with Gasteiger partial charge < -0.3 is 4.74 Å². The molecule has 0 saturated heterocycles. The van der Waals surface area contributed by atoms with E-state index in [0.717, 1.165) is 0 Å². The molecule has 1 aromatic heterocycles. The van der Waals surface area contributed by atoms with Gasteiger partial charge in [-0.3, -0.25) is 5.32 Å². The van der Waals surface area contributed by atoms with Gasteiger partial charge in [-0.05, 0) is 13.0 Å². The lowest BCUT2D eigenvalue weighted by Gasteiger charge is -2.13. The first-order chi connectivity index (χ1) is 7.79. The molecule has 0 aliphatic carbocycles. The highest BCUT2D eigenvalue weighted by molar-refractivity contribution is 5.76. The number of aromatic nitrogens is 2. The smallest absolute Gasteiger partial charge is 0.331 e. The van der Waals surface area contributed by atoms with E-state index in [1.807, 2.05) is 0 Å². The van der Waals surface area contributed by atoms with Crippen molar-refractivity contribution < 1.29 is 9.53 Å². The number of esters is 1. The molecule has 1 heterocycles. The van der Waals surface area contributed by atoms with Crippen molar-refractivity contribution in [1.82, 2.24) is 15.3 Å². The van der Waals surface area contributed by atoms with Gasteiger partial charge in [0.1, 0.15) is 0 Å². The van der Waals surface area contributed by atoms with Crippen LogP contribution in [0.4, 0.5) is 0 Å². The summed E-state index contributed by atoms with van der Waals surface area (Å²) < 4.78 is 4.91. The summed E-state index contributed by atoms with van der Waals surface area (Å²) >= 11 is 0. The van der Waals surface area contributed by atoms with Crippen LogP contribution in [0, 0.1) is 12.3 Å². The molecule has 0 amide bonds. The highest BCUT2D eigenvalue weighted by atomic mass is 16.5. The number of hydrogen-bond donors (Lipinski definition) is 1. The summed E-state index contributed by atoms with van der Waals surface area (Å²) in [6.07, 6.45) is 8.25. The Morgan fingerprint density at radius 2 is 2.31 bits per heavy atom. The van der Waals surface area contributed by atoms with E-state index in [-0.39, 0.29) is 6.54 Å². The third kappa shape index (κ3) is 3.33. The molecule has 1 N–H and O–H groups in total.